The third kappa shape index (κ3) is 2.95. The molecule has 4 heteroatoms. The number of piperidine rings is 1. The van der Waals surface area contributed by atoms with Crippen molar-refractivity contribution in [1.82, 2.24) is 9.80 Å². The molecule has 2 heterocycles. The second-order valence-electron chi connectivity index (χ2n) is 5.37. The second kappa shape index (κ2) is 5.15. The van der Waals surface area contributed by atoms with Crippen LogP contribution in [0.15, 0.2) is 0 Å². The van der Waals surface area contributed by atoms with E-state index in [4.69, 9.17) is 5.73 Å². The third-order valence-corrected chi connectivity index (χ3v) is 3.68. The zero-order valence-electron chi connectivity index (χ0n) is 10.2. The minimum atomic E-state index is 0.271. The molecule has 2 aliphatic rings. The SMILES string of the molecule is CC1CCCN(C(=O)CN2CC[C@H](N)C2)C1. The molecule has 0 spiro atoms. The van der Waals surface area contributed by atoms with Crippen LogP contribution in [0.1, 0.15) is 26.2 Å². The smallest absolute Gasteiger partial charge is 0.236 e. The number of nitrogens with zero attached hydrogens (tertiary/aromatic N) is 2. The maximum Gasteiger partial charge on any atom is 0.236 e. The van der Waals surface area contributed by atoms with Crippen LogP contribution in [-0.4, -0.2) is 54.5 Å². The predicted octanol–water partition coefficient (Wildman–Crippen LogP) is 0.278. The Morgan fingerprint density at radius 1 is 1.31 bits per heavy atom. The highest BCUT2D eigenvalue weighted by molar-refractivity contribution is 5.78. The molecule has 0 saturated carbocycles. The van der Waals surface area contributed by atoms with Gasteiger partial charge in [-0.2, -0.15) is 0 Å². The molecule has 2 aliphatic heterocycles. The number of likely N-dealkylation sites (tertiary alicyclic amines) is 2. The van der Waals surface area contributed by atoms with Gasteiger partial charge < -0.3 is 10.6 Å². The van der Waals surface area contributed by atoms with E-state index in [0.29, 0.717) is 18.4 Å². The molecular formula is C12H23N3O. The maximum absolute atomic E-state index is 12.0. The van der Waals surface area contributed by atoms with Crippen molar-refractivity contribution >= 4 is 5.91 Å². The van der Waals surface area contributed by atoms with E-state index in [9.17, 15) is 4.79 Å². The Morgan fingerprint density at radius 3 is 2.75 bits per heavy atom. The summed E-state index contributed by atoms with van der Waals surface area (Å²) in [7, 11) is 0. The van der Waals surface area contributed by atoms with Gasteiger partial charge in [0.2, 0.25) is 5.91 Å². The zero-order valence-corrected chi connectivity index (χ0v) is 10.2. The zero-order chi connectivity index (χ0) is 11.5. The number of amides is 1. The van der Waals surface area contributed by atoms with E-state index in [1.54, 1.807) is 0 Å². The van der Waals surface area contributed by atoms with Gasteiger partial charge in [-0.3, -0.25) is 9.69 Å². The number of nitrogens with two attached hydrogens (primary N) is 1. The summed E-state index contributed by atoms with van der Waals surface area (Å²) < 4.78 is 0. The molecule has 4 nitrogen and oxygen atoms in total. The first kappa shape index (κ1) is 11.9. The van der Waals surface area contributed by atoms with Gasteiger partial charge in [0.15, 0.2) is 0 Å². The molecule has 2 fully saturated rings. The fourth-order valence-corrected chi connectivity index (χ4v) is 2.71. The van der Waals surface area contributed by atoms with Crippen molar-refractivity contribution in [2.75, 3.05) is 32.7 Å². The Balaban J connectivity index is 1.78. The van der Waals surface area contributed by atoms with Crippen molar-refractivity contribution < 1.29 is 4.79 Å². The van der Waals surface area contributed by atoms with Crippen LogP contribution in [0.4, 0.5) is 0 Å². The quantitative estimate of drug-likeness (QED) is 0.734. The van der Waals surface area contributed by atoms with Gasteiger partial charge >= 0.3 is 0 Å². The summed E-state index contributed by atoms with van der Waals surface area (Å²) in [5.41, 5.74) is 5.83. The van der Waals surface area contributed by atoms with Crippen LogP contribution in [0.25, 0.3) is 0 Å². The van der Waals surface area contributed by atoms with Crippen LogP contribution in [0.2, 0.25) is 0 Å². The standard InChI is InChI=1S/C12H23N3O/c1-10-3-2-5-15(7-10)12(16)9-14-6-4-11(13)8-14/h10-11H,2-9,13H2,1H3/t10?,11-/m0/s1. The molecule has 0 aromatic carbocycles. The topological polar surface area (TPSA) is 49.6 Å². The lowest BCUT2D eigenvalue weighted by Crippen LogP contribution is -2.44. The Kier molecular flexibility index (Phi) is 3.82. The highest BCUT2D eigenvalue weighted by atomic mass is 16.2. The molecule has 1 amide bonds. The van der Waals surface area contributed by atoms with E-state index in [-0.39, 0.29) is 6.04 Å². The summed E-state index contributed by atoms with van der Waals surface area (Å²) in [6, 6.07) is 0.271. The van der Waals surface area contributed by atoms with Gasteiger partial charge in [-0.15, -0.1) is 0 Å². The Bertz CT molecular complexity index is 257. The van der Waals surface area contributed by atoms with Gasteiger partial charge in [0.05, 0.1) is 6.54 Å². The summed E-state index contributed by atoms with van der Waals surface area (Å²) in [6.45, 7) is 6.55. The number of hydrogen-bond acceptors (Lipinski definition) is 3. The molecule has 2 rings (SSSR count). The van der Waals surface area contributed by atoms with Gasteiger partial charge in [-0.25, -0.2) is 0 Å². The fraction of sp³-hybridized carbons (Fsp3) is 0.917. The summed E-state index contributed by atoms with van der Waals surface area (Å²) >= 11 is 0. The van der Waals surface area contributed by atoms with Crippen LogP contribution in [0.3, 0.4) is 0 Å². The van der Waals surface area contributed by atoms with Crippen LogP contribution in [-0.2, 0) is 4.79 Å². The first-order valence-electron chi connectivity index (χ1n) is 6.41. The van der Waals surface area contributed by atoms with Gasteiger partial charge in [0.25, 0.3) is 0 Å². The van der Waals surface area contributed by atoms with Crippen LogP contribution in [0, 0.1) is 5.92 Å². The van der Waals surface area contributed by atoms with Gasteiger partial charge in [-0.1, -0.05) is 6.92 Å². The van der Waals surface area contributed by atoms with Crippen molar-refractivity contribution in [3.8, 4) is 0 Å². The van der Waals surface area contributed by atoms with Crippen molar-refractivity contribution in [3.63, 3.8) is 0 Å². The number of carbonyl (C=O) groups excluding carboxylic acids is 1. The largest absolute Gasteiger partial charge is 0.341 e. The van der Waals surface area contributed by atoms with Crippen molar-refractivity contribution in [2.45, 2.75) is 32.2 Å². The van der Waals surface area contributed by atoms with Crippen LogP contribution >= 0.6 is 0 Å². The highest BCUT2D eigenvalue weighted by Crippen LogP contribution is 2.16. The minimum Gasteiger partial charge on any atom is -0.341 e. The summed E-state index contributed by atoms with van der Waals surface area (Å²) in [4.78, 5) is 16.3. The average Bonchev–Trinajstić information content (AvgIpc) is 2.64. The molecule has 2 atom stereocenters. The molecule has 2 saturated heterocycles. The van der Waals surface area contributed by atoms with E-state index < -0.39 is 0 Å². The van der Waals surface area contributed by atoms with Crippen molar-refractivity contribution in [2.24, 2.45) is 11.7 Å². The summed E-state index contributed by atoms with van der Waals surface area (Å²) in [5, 5.41) is 0. The van der Waals surface area contributed by atoms with E-state index >= 15 is 0 Å². The summed E-state index contributed by atoms with van der Waals surface area (Å²) in [5.74, 6) is 0.958. The van der Waals surface area contributed by atoms with Crippen molar-refractivity contribution in [1.29, 1.82) is 0 Å². The van der Waals surface area contributed by atoms with Crippen LogP contribution < -0.4 is 5.73 Å². The second-order valence-corrected chi connectivity index (χ2v) is 5.37. The minimum absolute atomic E-state index is 0.271. The first-order valence-corrected chi connectivity index (χ1v) is 6.41. The van der Waals surface area contributed by atoms with Gasteiger partial charge in [0.1, 0.15) is 0 Å². The number of rotatable bonds is 2. The first-order chi connectivity index (χ1) is 7.65. The lowest BCUT2D eigenvalue weighted by atomic mass is 10.0. The molecule has 0 radical (unpaired) electrons. The Morgan fingerprint density at radius 2 is 2.12 bits per heavy atom. The normalized spacial score (nSPS) is 32.0. The molecule has 0 aromatic heterocycles. The maximum atomic E-state index is 12.0. The number of hydrogen-bond donors (Lipinski definition) is 1. The van der Waals surface area contributed by atoms with Crippen LogP contribution in [0.5, 0.6) is 0 Å². The van der Waals surface area contributed by atoms with Gasteiger partial charge in [0, 0.05) is 32.2 Å². The Hall–Kier alpha value is -0.610. The van der Waals surface area contributed by atoms with Crippen molar-refractivity contribution in [3.05, 3.63) is 0 Å². The lowest BCUT2D eigenvalue weighted by Gasteiger charge is -2.32. The lowest BCUT2D eigenvalue weighted by molar-refractivity contribution is -0.133. The molecule has 2 N–H and O–H groups in total. The molecule has 0 aromatic rings. The molecular weight excluding hydrogens is 202 g/mol. The molecule has 1 unspecified atom stereocenters. The molecule has 0 bridgehead atoms. The van der Waals surface area contributed by atoms with E-state index in [0.717, 1.165) is 39.0 Å². The molecule has 16 heavy (non-hydrogen) atoms. The highest BCUT2D eigenvalue weighted by Gasteiger charge is 2.25. The van der Waals surface area contributed by atoms with E-state index in [1.165, 1.54) is 6.42 Å². The van der Waals surface area contributed by atoms with E-state index in [1.807, 2.05) is 4.90 Å². The summed E-state index contributed by atoms with van der Waals surface area (Å²) in [6.07, 6.45) is 3.45. The monoisotopic (exact) mass is 225 g/mol. The fourth-order valence-electron chi connectivity index (χ4n) is 2.71. The van der Waals surface area contributed by atoms with Gasteiger partial charge in [-0.05, 0) is 25.2 Å². The van der Waals surface area contributed by atoms with E-state index in [2.05, 4.69) is 11.8 Å². The third-order valence-electron chi connectivity index (χ3n) is 3.68. The average molecular weight is 225 g/mol. The predicted molar refractivity (Wildman–Crippen MR) is 64.0 cm³/mol. The number of carbonyl (C=O) groups is 1. The molecule has 0 aliphatic carbocycles. The molecule has 92 valence electrons. The Labute approximate surface area is 97.8 Å².